The maximum absolute atomic E-state index is 12.0. The summed E-state index contributed by atoms with van der Waals surface area (Å²) < 4.78 is 1.79. The summed E-state index contributed by atoms with van der Waals surface area (Å²) in [6.45, 7) is 6.33. The average molecular weight is 252 g/mol. The summed E-state index contributed by atoms with van der Waals surface area (Å²) in [7, 11) is 1.90. The molecule has 0 aromatic carbocycles. The van der Waals surface area contributed by atoms with E-state index in [1.807, 2.05) is 27.1 Å². The standard InChI is InChI=1S/C13H24N4O/c1-5-12-11(8-17(4)16-12)6-10(7-14)13(18)15-9(2)3/h8-10H,5-7,14H2,1-4H3,(H,15,18). The van der Waals surface area contributed by atoms with Gasteiger partial charge in [0.05, 0.1) is 11.6 Å². The van der Waals surface area contributed by atoms with Gasteiger partial charge in [0.1, 0.15) is 0 Å². The molecule has 0 fully saturated rings. The van der Waals surface area contributed by atoms with Crippen molar-refractivity contribution in [3.63, 3.8) is 0 Å². The molecule has 18 heavy (non-hydrogen) atoms. The Morgan fingerprint density at radius 2 is 2.22 bits per heavy atom. The van der Waals surface area contributed by atoms with Crippen LogP contribution in [0.2, 0.25) is 0 Å². The van der Waals surface area contributed by atoms with Crippen LogP contribution in [0.5, 0.6) is 0 Å². The Bertz CT molecular complexity index is 398. The number of nitrogens with two attached hydrogens (primary N) is 1. The van der Waals surface area contributed by atoms with Crippen LogP contribution in [0.3, 0.4) is 0 Å². The predicted octanol–water partition coefficient (Wildman–Crippen LogP) is 0.625. The summed E-state index contributed by atoms with van der Waals surface area (Å²) in [5.41, 5.74) is 7.88. The van der Waals surface area contributed by atoms with E-state index in [9.17, 15) is 4.79 Å². The Hall–Kier alpha value is -1.36. The zero-order valence-corrected chi connectivity index (χ0v) is 11.7. The monoisotopic (exact) mass is 252 g/mol. The molecule has 0 saturated heterocycles. The van der Waals surface area contributed by atoms with Crippen molar-refractivity contribution in [3.8, 4) is 0 Å². The third kappa shape index (κ3) is 3.84. The van der Waals surface area contributed by atoms with Crippen LogP contribution < -0.4 is 11.1 Å². The molecule has 0 bridgehead atoms. The van der Waals surface area contributed by atoms with E-state index in [4.69, 9.17) is 5.73 Å². The van der Waals surface area contributed by atoms with Gasteiger partial charge < -0.3 is 11.1 Å². The van der Waals surface area contributed by atoms with Crippen LogP contribution in [0.1, 0.15) is 32.0 Å². The van der Waals surface area contributed by atoms with Gasteiger partial charge in [0.25, 0.3) is 0 Å². The fraction of sp³-hybridized carbons (Fsp3) is 0.692. The number of nitrogens with one attached hydrogen (secondary N) is 1. The second-order valence-corrected chi connectivity index (χ2v) is 4.93. The van der Waals surface area contributed by atoms with Gasteiger partial charge in [-0.05, 0) is 32.3 Å². The smallest absolute Gasteiger partial charge is 0.224 e. The number of amides is 1. The molecule has 3 N–H and O–H groups in total. The van der Waals surface area contributed by atoms with Crippen molar-refractivity contribution in [2.75, 3.05) is 6.54 Å². The molecule has 1 aromatic heterocycles. The van der Waals surface area contributed by atoms with Crippen molar-refractivity contribution in [3.05, 3.63) is 17.5 Å². The summed E-state index contributed by atoms with van der Waals surface area (Å²) in [5, 5.41) is 7.29. The van der Waals surface area contributed by atoms with E-state index in [0.29, 0.717) is 13.0 Å². The highest BCUT2D eigenvalue weighted by Crippen LogP contribution is 2.13. The largest absolute Gasteiger partial charge is 0.354 e. The van der Waals surface area contributed by atoms with E-state index in [1.54, 1.807) is 4.68 Å². The fourth-order valence-electron chi connectivity index (χ4n) is 2.00. The van der Waals surface area contributed by atoms with E-state index >= 15 is 0 Å². The van der Waals surface area contributed by atoms with Crippen LogP contribution in [-0.2, 0) is 24.7 Å². The van der Waals surface area contributed by atoms with E-state index in [-0.39, 0.29) is 17.9 Å². The third-order valence-corrected chi connectivity index (χ3v) is 2.88. The van der Waals surface area contributed by atoms with Gasteiger partial charge >= 0.3 is 0 Å². The molecule has 5 heteroatoms. The molecule has 0 aliphatic rings. The molecule has 1 aromatic rings. The first kappa shape index (κ1) is 14.7. The van der Waals surface area contributed by atoms with Gasteiger partial charge in [-0.2, -0.15) is 5.10 Å². The molecule has 102 valence electrons. The molecular weight excluding hydrogens is 228 g/mol. The first-order valence-electron chi connectivity index (χ1n) is 6.49. The highest BCUT2D eigenvalue weighted by atomic mass is 16.1. The van der Waals surface area contributed by atoms with E-state index in [1.165, 1.54) is 0 Å². The van der Waals surface area contributed by atoms with Crippen molar-refractivity contribution >= 4 is 5.91 Å². The van der Waals surface area contributed by atoms with Crippen molar-refractivity contribution in [1.29, 1.82) is 0 Å². The van der Waals surface area contributed by atoms with Gasteiger partial charge in [-0.3, -0.25) is 9.48 Å². The molecule has 0 radical (unpaired) electrons. The molecule has 1 heterocycles. The van der Waals surface area contributed by atoms with Gasteiger partial charge in [0.2, 0.25) is 5.91 Å². The fourth-order valence-corrected chi connectivity index (χ4v) is 2.00. The van der Waals surface area contributed by atoms with Crippen LogP contribution in [0, 0.1) is 5.92 Å². The molecule has 0 spiro atoms. The molecule has 1 amide bonds. The Kier molecular flexibility index (Phi) is 5.34. The van der Waals surface area contributed by atoms with Crippen LogP contribution in [0.4, 0.5) is 0 Å². The van der Waals surface area contributed by atoms with Gasteiger partial charge in [-0.25, -0.2) is 0 Å². The van der Waals surface area contributed by atoms with E-state index in [0.717, 1.165) is 17.7 Å². The SMILES string of the molecule is CCc1nn(C)cc1CC(CN)C(=O)NC(C)C. The number of aryl methyl sites for hydroxylation is 2. The molecule has 5 nitrogen and oxygen atoms in total. The Morgan fingerprint density at radius 1 is 1.56 bits per heavy atom. The molecule has 1 unspecified atom stereocenters. The molecule has 0 aliphatic heterocycles. The van der Waals surface area contributed by atoms with Crippen LogP contribution in [-0.4, -0.2) is 28.3 Å². The minimum absolute atomic E-state index is 0.0263. The summed E-state index contributed by atoms with van der Waals surface area (Å²) in [6, 6.07) is 0.145. The predicted molar refractivity (Wildman–Crippen MR) is 72.1 cm³/mol. The van der Waals surface area contributed by atoms with Crippen molar-refractivity contribution in [1.82, 2.24) is 15.1 Å². The second-order valence-electron chi connectivity index (χ2n) is 4.93. The summed E-state index contributed by atoms with van der Waals surface area (Å²) >= 11 is 0. The first-order chi connectivity index (χ1) is 8.47. The minimum atomic E-state index is -0.179. The molecule has 1 rings (SSSR count). The lowest BCUT2D eigenvalue weighted by molar-refractivity contribution is -0.125. The van der Waals surface area contributed by atoms with Crippen LogP contribution in [0.25, 0.3) is 0 Å². The molecule has 1 atom stereocenters. The maximum Gasteiger partial charge on any atom is 0.224 e. The Labute approximate surface area is 109 Å². The number of carbonyl (C=O) groups is 1. The maximum atomic E-state index is 12.0. The van der Waals surface area contributed by atoms with Crippen LogP contribution in [0.15, 0.2) is 6.20 Å². The van der Waals surface area contributed by atoms with Crippen LogP contribution >= 0.6 is 0 Å². The van der Waals surface area contributed by atoms with Gasteiger partial charge in [0.15, 0.2) is 0 Å². The van der Waals surface area contributed by atoms with Gasteiger partial charge in [-0.1, -0.05) is 6.92 Å². The lowest BCUT2D eigenvalue weighted by Gasteiger charge is -2.16. The molecular formula is C13H24N4O. The second kappa shape index (κ2) is 6.54. The van der Waals surface area contributed by atoms with Crippen molar-refractivity contribution < 1.29 is 4.79 Å². The topological polar surface area (TPSA) is 72.9 Å². The lowest BCUT2D eigenvalue weighted by atomic mass is 9.98. The number of carbonyl (C=O) groups excluding carboxylic acids is 1. The van der Waals surface area contributed by atoms with Gasteiger partial charge in [0, 0.05) is 25.8 Å². The highest BCUT2D eigenvalue weighted by Gasteiger charge is 2.20. The first-order valence-corrected chi connectivity index (χ1v) is 6.49. The zero-order chi connectivity index (χ0) is 13.7. The van der Waals surface area contributed by atoms with Gasteiger partial charge in [-0.15, -0.1) is 0 Å². The summed E-state index contributed by atoms with van der Waals surface area (Å²) in [5.74, 6) is -0.152. The molecule has 0 aliphatic carbocycles. The number of rotatable bonds is 6. The number of hydrogen-bond acceptors (Lipinski definition) is 3. The Morgan fingerprint density at radius 3 is 2.72 bits per heavy atom. The van der Waals surface area contributed by atoms with Crippen molar-refractivity contribution in [2.24, 2.45) is 18.7 Å². The highest BCUT2D eigenvalue weighted by molar-refractivity contribution is 5.79. The Balaban J connectivity index is 2.75. The average Bonchev–Trinajstić information content (AvgIpc) is 2.65. The normalized spacial score (nSPS) is 12.8. The quantitative estimate of drug-likeness (QED) is 0.779. The third-order valence-electron chi connectivity index (χ3n) is 2.88. The lowest BCUT2D eigenvalue weighted by Crippen LogP contribution is -2.39. The molecule has 0 saturated carbocycles. The summed E-state index contributed by atoms with van der Waals surface area (Å²) in [6.07, 6.45) is 3.51. The van der Waals surface area contributed by atoms with Crippen molar-refractivity contribution in [2.45, 2.75) is 39.7 Å². The van der Waals surface area contributed by atoms with E-state index < -0.39 is 0 Å². The number of nitrogens with zero attached hydrogens (tertiary/aromatic N) is 2. The minimum Gasteiger partial charge on any atom is -0.354 e. The zero-order valence-electron chi connectivity index (χ0n) is 11.7. The number of hydrogen-bond donors (Lipinski definition) is 2. The summed E-state index contributed by atoms with van der Waals surface area (Å²) in [4.78, 5) is 12.0. The van der Waals surface area contributed by atoms with E-state index in [2.05, 4.69) is 17.3 Å². The number of aromatic nitrogens is 2.